The summed E-state index contributed by atoms with van der Waals surface area (Å²) in [5, 5.41) is 5.64. The van der Waals surface area contributed by atoms with Crippen LogP contribution in [0.25, 0.3) is 10.2 Å². The second-order valence-electron chi connectivity index (χ2n) is 4.16. The highest BCUT2D eigenvalue weighted by molar-refractivity contribution is 7.16. The fourth-order valence-corrected chi connectivity index (χ4v) is 2.64. The Morgan fingerprint density at radius 2 is 2.05 bits per heavy atom. The third kappa shape index (κ3) is 2.39. The van der Waals surface area contributed by atoms with E-state index in [4.69, 9.17) is 5.73 Å². The van der Waals surface area contributed by atoms with Crippen LogP contribution in [-0.4, -0.2) is 9.97 Å². The van der Waals surface area contributed by atoms with Crippen molar-refractivity contribution in [3.8, 4) is 0 Å². The van der Waals surface area contributed by atoms with Crippen molar-refractivity contribution in [1.82, 2.24) is 9.97 Å². The molecule has 20 heavy (non-hydrogen) atoms. The molecule has 102 valence electrons. The molecule has 3 N–H and O–H groups in total. The molecule has 0 spiro atoms. The van der Waals surface area contributed by atoms with Crippen molar-refractivity contribution in [3.63, 3.8) is 0 Å². The highest BCUT2D eigenvalue weighted by atomic mass is 32.1. The molecule has 4 nitrogen and oxygen atoms in total. The molecule has 0 saturated heterocycles. The van der Waals surface area contributed by atoms with Crippen LogP contribution in [0.4, 0.5) is 20.5 Å². The van der Waals surface area contributed by atoms with Gasteiger partial charge in [0.2, 0.25) is 5.95 Å². The molecular formula is C13H10F2N4S. The first-order valence-electron chi connectivity index (χ1n) is 5.82. The van der Waals surface area contributed by atoms with Crippen molar-refractivity contribution in [2.75, 3.05) is 11.1 Å². The van der Waals surface area contributed by atoms with Crippen molar-refractivity contribution in [2.45, 2.75) is 6.54 Å². The van der Waals surface area contributed by atoms with Gasteiger partial charge in [0.15, 0.2) is 0 Å². The number of rotatable bonds is 3. The third-order valence-corrected chi connectivity index (χ3v) is 3.60. The molecule has 2 heterocycles. The lowest BCUT2D eigenvalue weighted by Gasteiger charge is -2.08. The average molecular weight is 292 g/mol. The summed E-state index contributed by atoms with van der Waals surface area (Å²) in [5.74, 6) is -0.298. The summed E-state index contributed by atoms with van der Waals surface area (Å²) < 4.78 is 26.6. The van der Waals surface area contributed by atoms with Crippen LogP contribution in [0.5, 0.6) is 0 Å². The minimum Gasteiger partial charge on any atom is -0.368 e. The number of hydrogen-bond donors (Lipinski definition) is 2. The van der Waals surface area contributed by atoms with Gasteiger partial charge >= 0.3 is 0 Å². The fraction of sp³-hybridized carbons (Fsp3) is 0.0769. The molecule has 0 aliphatic rings. The van der Waals surface area contributed by atoms with Gasteiger partial charge in [-0.15, -0.1) is 11.3 Å². The maximum absolute atomic E-state index is 13.5. The van der Waals surface area contributed by atoms with Gasteiger partial charge in [-0.25, -0.2) is 13.8 Å². The standard InChI is InChI=1S/C13H10F2N4S/c14-8-1-2-10(15)7(5-8)6-17-11-9-3-4-20-12(9)19-13(16)18-11/h1-5H,6H2,(H3,16,17,18,19). The third-order valence-electron chi connectivity index (χ3n) is 2.80. The number of nitrogens with two attached hydrogens (primary N) is 1. The zero-order valence-corrected chi connectivity index (χ0v) is 11.0. The molecule has 7 heteroatoms. The Balaban J connectivity index is 1.90. The summed E-state index contributed by atoms with van der Waals surface area (Å²) in [6.45, 7) is 0.116. The fourth-order valence-electron chi connectivity index (χ4n) is 1.86. The predicted octanol–water partition coefficient (Wildman–Crippen LogP) is 3.16. The van der Waals surface area contributed by atoms with Gasteiger partial charge in [0.25, 0.3) is 0 Å². The Bertz CT molecular complexity index is 772. The van der Waals surface area contributed by atoms with Crippen molar-refractivity contribution in [3.05, 3.63) is 46.8 Å². The summed E-state index contributed by atoms with van der Waals surface area (Å²) in [6, 6.07) is 5.18. The average Bonchev–Trinajstić information content (AvgIpc) is 2.87. The highest BCUT2D eigenvalue weighted by Crippen LogP contribution is 2.26. The molecule has 0 unspecified atom stereocenters. The Morgan fingerprint density at radius 1 is 1.20 bits per heavy atom. The number of hydrogen-bond acceptors (Lipinski definition) is 5. The first kappa shape index (κ1) is 12.7. The molecule has 0 atom stereocenters. The Kier molecular flexibility index (Phi) is 3.19. The number of nitrogens with one attached hydrogen (secondary N) is 1. The topological polar surface area (TPSA) is 63.8 Å². The number of benzene rings is 1. The molecule has 0 amide bonds. The van der Waals surface area contributed by atoms with Gasteiger partial charge in [-0.05, 0) is 29.6 Å². The van der Waals surface area contributed by atoms with Crippen LogP contribution in [0, 0.1) is 11.6 Å². The second kappa shape index (κ2) is 5.01. The Labute approximate surface area is 117 Å². The lowest BCUT2D eigenvalue weighted by Crippen LogP contribution is -2.06. The van der Waals surface area contributed by atoms with E-state index in [1.165, 1.54) is 11.3 Å². The second-order valence-corrected chi connectivity index (χ2v) is 5.05. The monoisotopic (exact) mass is 292 g/mol. The summed E-state index contributed by atoms with van der Waals surface area (Å²) >= 11 is 1.44. The van der Waals surface area contributed by atoms with E-state index in [0.717, 1.165) is 28.4 Å². The van der Waals surface area contributed by atoms with Gasteiger partial charge in [0.05, 0.1) is 5.39 Å². The van der Waals surface area contributed by atoms with E-state index >= 15 is 0 Å². The van der Waals surface area contributed by atoms with Gasteiger partial charge in [-0.1, -0.05) is 0 Å². The molecule has 0 aliphatic heterocycles. The van der Waals surface area contributed by atoms with Crippen LogP contribution in [0.3, 0.4) is 0 Å². The van der Waals surface area contributed by atoms with Crippen LogP contribution in [0.1, 0.15) is 5.56 Å². The number of thiophene rings is 1. The molecule has 0 aliphatic carbocycles. The lowest BCUT2D eigenvalue weighted by molar-refractivity contribution is 0.587. The number of nitrogens with zero attached hydrogens (tertiary/aromatic N) is 2. The minimum absolute atomic E-state index is 0.116. The van der Waals surface area contributed by atoms with Crippen molar-refractivity contribution in [2.24, 2.45) is 0 Å². The van der Waals surface area contributed by atoms with Gasteiger partial charge < -0.3 is 11.1 Å². The largest absolute Gasteiger partial charge is 0.368 e. The number of aromatic nitrogens is 2. The zero-order chi connectivity index (χ0) is 14.1. The highest BCUT2D eigenvalue weighted by Gasteiger charge is 2.09. The number of fused-ring (bicyclic) bond motifs is 1. The van der Waals surface area contributed by atoms with E-state index in [1.54, 1.807) is 0 Å². The van der Waals surface area contributed by atoms with Gasteiger partial charge in [-0.2, -0.15) is 4.98 Å². The molecule has 0 saturated carbocycles. The molecule has 0 fully saturated rings. The van der Waals surface area contributed by atoms with Crippen LogP contribution in [-0.2, 0) is 6.54 Å². The van der Waals surface area contributed by atoms with E-state index in [2.05, 4.69) is 15.3 Å². The Morgan fingerprint density at radius 3 is 2.90 bits per heavy atom. The minimum atomic E-state index is -0.480. The molecule has 3 aromatic rings. The molecule has 3 rings (SSSR count). The van der Waals surface area contributed by atoms with Crippen LogP contribution in [0.2, 0.25) is 0 Å². The molecule has 0 radical (unpaired) electrons. The summed E-state index contributed by atoms with van der Waals surface area (Å²) in [7, 11) is 0. The number of nitrogen functional groups attached to an aromatic ring is 1. The molecule has 1 aromatic carbocycles. The lowest BCUT2D eigenvalue weighted by atomic mass is 10.2. The normalized spacial score (nSPS) is 10.9. The van der Waals surface area contributed by atoms with Gasteiger partial charge in [0, 0.05) is 12.1 Å². The van der Waals surface area contributed by atoms with Crippen LogP contribution >= 0.6 is 11.3 Å². The van der Waals surface area contributed by atoms with Crippen LogP contribution in [0.15, 0.2) is 29.6 Å². The quantitative estimate of drug-likeness (QED) is 0.778. The predicted molar refractivity (Wildman–Crippen MR) is 75.5 cm³/mol. The zero-order valence-electron chi connectivity index (χ0n) is 10.2. The SMILES string of the molecule is Nc1nc(NCc2cc(F)ccc2F)c2ccsc2n1. The number of halogens is 2. The van der Waals surface area contributed by atoms with Gasteiger partial charge in [0.1, 0.15) is 22.3 Å². The smallest absolute Gasteiger partial charge is 0.223 e. The van der Waals surface area contributed by atoms with E-state index < -0.39 is 11.6 Å². The van der Waals surface area contributed by atoms with Crippen LogP contribution < -0.4 is 11.1 Å². The summed E-state index contributed by atoms with van der Waals surface area (Å²) in [5.41, 5.74) is 5.84. The van der Waals surface area contributed by atoms with E-state index in [9.17, 15) is 8.78 Å². The summed E-state index contributed by atoms with van der Waals surface area (Å²) in [4.78, 5) is 8.93. The Hall–Kier alpha value is -2.28. The van der Waals surface area contributed by atoms with Crippen molar-refractivity contribution >= 4 is 33.3 Å². The maximum atomic E-state index is 13.5. The van der Waals surface area contributed by atoms with E-state index in [-0.39, 0.29) is 18.1 Å². The maximum Gasteiger partial charge on any atom is 0.223 e. The van der Waals surface area contributed by atoms with Gasteiger partial charge in [-0.3, -0.25) is 0 Å². The number of anilines is 2. The molecule has 2 aromatic heterocycles. The van der Waals surface area contributed by atoms with Crippen molar-refractivity contribution in [1.29, 1.82) is 0 Å². The van der Waals surface area contributed by atoms with E-state index in [0.29, 0.717) is 5.82 Å². The molecular weight excluding hydrogens is 282 g/mol. The first-order chi connectivity index (χ1) is 9.63. The van der Waals surface area contributed by atoms with Crippen molar-refractivity contribution < 1.29 is 8.78 Å². The summed E-state index contributed by atoms with van der Waals surface area (Å²) in [6.07, 6.45) is 0. The van der Waals surface area contributed by atoms with E-state index in [1.807, 2.05) is 11.4 Å². The molecule has 0 bridgehead atoms. The first-order valence-corrected chi connectivity index (χ1v) is 6.70.